The number of hydrogen-bond donors (Lipinski definition) is 2. The third kappa shape index (κ3) is 4.51. The van der Waals surface area contributed by atoms with E-state index in [-0.39, 0.29) is 10.9 Å². The monoisotopic (exact) mass is 398 g/mol. The van der Waals surface area contributed by atoms with Gasteiger partial charge in [0.25, 0.3) is 5.91 Å². The third-order valence-corrected chi connectivity index (χ3v) is 4.53. The molecule has 2 N–H and O–H groups in total. The molecule has 0 spiro atoms. The number of aryl methyl sites for hydroxylation is 1. The van der Waals surface area contributed by atoms with Gasteiger partial charge in [-0.05, 0) is 60.6 Å². The molecular weight excluding hydrogens is 383 g/mol. The van der Waals surface area contributed by atoms with Crippen LogP contribution in [-0.2, 0) is 0 Å². The van der Waals surface area contributed by atoms with E-state index in [1.165, 1.54) is 6.07 Å². The van der Waals surface area contributed by atoms with Gasteiger partial charge in [-0.25, -0.2) is 4.39 Å². The molecule has 3 nitrogen and oxygen atoms in total. The summed E-state index contributed by atoms with van der Waals surface area (Å²) in [4.78, 5) is 12.2. The molecule has 3 aromatic rings. The lowest BCUT2D eigenvalue weighted by Gasteiger charge is -2.13. The Morgan fingerprint density at radius 1 is 1.00 bits per heavy atom. The minimum absolute atomic E-state index is 0.151. The molecule has 0 aromatic heterocycles. The Balaban J connectivity index is 1.72. The van der Waals surface area contributed by atoms with Crippen molar-refractivity contribution in [2.75, 3.05) is 5.32 Å². The summed E-state index contributed by atoms with van der Waals surface area (Å²) in [5, 5.41) is 6.06. The van der Waals surface area contributed by atoms with Crippen molar-refractivity contribution in [1.29, 1.82) is 0 Å². The van der Waals surface area contributed by atoms with E-state index in [0.717, 1.165) is 11.1 Å². The normalized spacial score (nSPS) is 10.3. The lowest BCUT2D eigenvalue weighted by atomic mass is 9.99. The molecule has 0 aliphatic carbocycles. The quantitative estimate of drug-likeness (QED) is 0.566. The van der Waals surface area contributed by atoms with Crippen molar-refractivity contribution >= 4 is 40.5 Å². The Kier molecular flexibility index (Phi) is 5.84. The summed E-state index contributed by atoms with van der Waals surface area (Å²) in [6, 6.07) is 18.8. The molecule has 0 atom stereocenters. The summed E-state index contributed by atoms with van der Waals surface area (Å²) in [5.74, 6) is -0.665. The zero-order valence-electron chi connectivity index (χ0n) is 14.4. The maximum absolute atomic E-state index is 14.0. The minimum atomic E-state index is -0.391. The van der Waals surface area contributed by atoms with E-state index in [1.807, 2.05) is 19.1 Å². The molecule has 1 amide bonds. The first-order valence-corrected chi connectivity index (χ1v) is 8.97. The second kappa shape index (κ2) is 8.29. The van der Waals surface area contributed by atoms with Crippen LogP contribution in [0.3, 0.4) is 0 Å². The maximum atomic E-state index is 14.0. The van der Waals surface area contributed by atoms with Crippen LogP contribution < -0.4 is 10.6 Å². The number of thiocarbonyl (C=S) groups is 1. The van der Waals surface area contributed by atoms with Crippen LogP contribution in [0.25, 0.3) is 11.1 Å². The van der Waals surface area contributed by atoms with Gasteiger partial charge < -0.3 is 5.32 Å². The Hall–Kier alpha value is -2.76. The molecule has 3 aromatic carbocycles. The van der Waals surface area contributed by atoms with Gasteiger partial charge in [-0.3, -0.25) is 10.1 Å². The molecule has 6 heteroatoms. The zero-order chi connectivity index (χ0) is 19.4. The number of hydrogen-bond acceptors (Lipinski definition) is 2. The van der Waals surface area contributed by atoms with Gasteiger partial charge in [0.2, 0.25) is 0 Å². The van der Waals surface area contributed by atoms with Crippen LogP contribution in [0, 0.1) is 12.7 Å². The largest absolute Gasteiger partial charge is 0.332 e. The average Bonchev–Trinajstić information content (AvgIpc) is 2.63. The van der Waals surface area contributed by atoms with Crippen LogP contribution >= 0.6 is 23.8 Å². The van der Waals surface area contributed by atoms with Crippen LogP contribution in [-0.4, -0.2) is 11.0 Å². The molecular formula is C21H16ClFN2OS. The number of benzene rings is 3. The minimum Gasteiger partial charge on any atom is -0.332 e. The number of nitrogens with one attached hydrogen (secondary N) is 2. The molecule has 0 aliphatic heterocycles. The number of rotatable bonds is 3. The van der Waals surface area contributed by atoms with Gasteiger partial charge in [0.15, 0.2) is 5.11 Å². The van der Waals surface area contributed by atoms with Crippen molar-refractivity contribution < 1.29 is 9.18 Å². The van der Waals surface area contributed by atoms with E-state index in [1.54, 1.807) is 48.5 Å². The lowest BCUT2D eigenvalue weighted by Crippen LogP contribution is -2.34. The number of carbonyl (C=O) groups excluding carboxylic acids is 1. The first kappa shape index (κ1) is 19.0. The van der Waals surface area contributed by atoms with Crippen molar-refractivity contribution in [3.63, 3.8) is 0 Å². The van der Waals surface area contributed by atoms with Crippen LogP contribution in [0.4, 0.5) is 10.1 Å². The smallest absolute Gasteiger partial charge is 0.258 e. The molecule has 0 saturated heterocycles. The molecule has 0 heterocycles. The molecule has 0 bridgehead atoms. The Labute approximate surface area is 167 Å². The molecule has 3 rings (SSSR count). The van der Waals surface area contributed by atoms with Crippen molar-refractivity contribution in [3.05, 3.63) is 88.7 Å². The van der Waals surface area contributed by atoms with Gasteiger partial charge in [-0.1, -0.05) is 48.0 Å². The highest BCUT2D eigenvalue weighted by molar-refractivity contribution is 7.80. The van der Waals surface area contributed by atoms with Crippen LogP contribution in [0.5, 0.6) is 0 Å². The fraction of sp³-hybridized carbons (Fsp3) is 0.0476. The molecule has 0 aliphatic rings. The van der Waals surface area contributed by atoms with Crippen LogP contribution in [0.1, 0.15) is 15.9 Å². The number of halogens is 2. The first-order valence-electron chi connectivity index (χ1n) is 8.18. The predicted molar refractivity (Wildman–Crippen MR) is 112 cm³/mol. The highest BCUT2D eigenvalue weighted by Gasteiger charge is 2.12. The van der Waals surface area contributed by atoms with Crippen molar-refractivity contribution in [1.82, 2.24) is 5.32 Å². The van der Waals surface area contributed by atoms with Gasteiger partial charge in [-0.15, -0.1) is 0 Å². The molecule has 0 radical (unpaired) electrons. The van der Waals surface area contributed by atoms with E-state index in [2.05, 4.69) is 10.6 Å². The highest BCUT2D eigenvalue weighted by Crippen LogP contribution is 2.28. The van der Waals surface area contributed by atoms with Gasteiger partial charge in [0, 0.05) is 11.3 Å². The zero-order valence-corrected chi connectivity index (χ0v) is 16.0. The number of amides is 1. The summed E-state index contributed by atoms with van der Waals surface area (Å²) in [5.41, 5.74) is 3.25. The average molecular weight is 399 g/mol. The van der Waals surface area contributed by atoms with Gasteiger partial charge in [0.1, 0.15) is 5.82 Å². The fourth-order valence-electron chi connectivity index (χ4n) is 2.70. The van der Waals surface area contributed by atoms with E-state index in [0.29, 0.717) is 21.8 Å². The lowest BCUT2D eigenvalue weighted by molar-refractivity contribution is 0.0978. The standard InChI is InChI=1S/C21H16ClFN2OS/c1-13-12-14(10-11-15(13)16-6-3-5-9-19(16)23)24-21(27)25-20(26)17-7-2-4-8-18(17)22/h2-12H,1H3,(H2,24,25,26,27). The van der Waals surface area contributed by atoms with E-state index in [4.69, 9.17) is 23.8 Å². The molecule has 0 saturated carbocycles. The summed E-state index contributed by atoms with van der Waals surface area (Å²) < 4.78 is 14.0. The van der Waals surface area contributed by atoms with Gasteiger partial charge in [0.05, 0.1) is 10.6 Å². The molecule has 136 valence electrons. The highest BCUT2D eigenvalue weighted by atomic mass is 35.5. The summed E-state index contributed by atoms with van der Waals surface area (Å²) in [7, 11) is 0. The molecule has 0 fully saturated rings. The maximum Gasteiger partial charge on any atom is 0.258 e. The van der Waals surface area contributed by atoms with Crippen molar-refractivity contribution in [3.8, 4) is 11.1 Å². The van der Waals surface area contributed by atoms with E-state index in [9.17, 15) is 9.18 Å². The fourth-order valence-corrected chi connectivity index (χ4v) is 3.13. The van der Waals surface area contributed by atoms with Gasteiger partial charge in [-0.2, -0.15) is 0 Å². The summed E-state index contributed by atoms with van der Waals surface area (Å²) in [6.07, 6.45) is 0. The first-order chi connectivity index (χ1) is 13.0. The van der Waals surface area contributed by atoms with Gasteiger partial charge >= 0.3 is 0 Å². The molecule has 27 heavy (non-hydrogen) atoms. The van der Waals surface area contributed by atoms with Crippen LogP contribution in [0.15, 0.2) is 66.7 Å². The Morgan fingerprint density at radius 2 is 1.70 bits per heavy atom. The summed E-state index contributed by atoms with van der Waals surface area (Å²) in [6.45, 7) is 1.89. The Bertz CT molecular complexity index is 1020. The third-order valence-electron chi connectivity index (χ3n) is 3.99. The summed E-state index contributed by atoms with van der Waals surface area (Å²) >= 11 is 11.2. The topological polar surface area (TPSA) is 41.1 Å². The second-order valence-electron chi connectivity index (χ2n) is 5.90. The van der Waals surface area contributed by atoms with Crippen molar-refractivity contribution in [2.24, 2.45) is 0 Å². The number of anilines is 1. The SMILES string of the molecule is Cc1cc(NC(=S)NC(=O)c2ccccc2Cl)ccc1-c1ccccc1F. The predicted octanol–water partition coefficient (Wildman–Crippen LogP) is 5.58. The van der Waals surface area contributed by atoms with Crippen LogP contribution in [0.2, 0.25) is 5.02 Å². The van der Waals surface area contributed by atoms with Crippen molar-refractivity contribution in [2.45, 2.75) is 6.92 Å². The van der Waals surface area contributed by atoms with E-state index < -0.39 is 5.91 Å². The molecule has 0 unspecified atom stereocenters. The number of carbonyl (C=O) groups is 1. The second-order valence-corrected chi connectivity index (χ2v) is 6.71. The van der Waals surface area contributed by atoms with E-state index >= 15 is 0 Å². The Morgan fingerprint density at radius 3 is 2.41 bits per heavy atom.